The van der Waals surface area contributed by atoms with Gasteiger partial charge in [-0.05, 0) is 29.8 Å². The molecule has 0 bridgehead atoms. The Labute approximate surface area is 132 Å². The van der Waals surface area contributed by atoms with Gasteiger partial charge >= 0.3 is 5.76 Å². The van der Waals surface area contributed by atoms with Gasteiger partial charge in [-0.25, -0.2) is 4.79 Å². The van der Waals surface area contributed by atoms with Crippen molar-refractivity contribution in [1.82, 2.24) is 14.9 Å². The predicted molar refractivity (Wildman–Crippen MR) is 84.1 cm³/mol. The number of oxazole rings is 1. The molecule has 0 spiro atoms. The number of rotatable bonds is 3. The van der Waals surface area contributed by atoms with Crippen molar-refractivity contribution in [2.75, 3.05) is 0 Å². The first-order valence-electron chi connectivity index (χ1n) is 6.42. The fourth-order valence-corrected chi connectivity index (χ4v) is 2.08. The van der Waals surface area contributed by atoms with Gasteiger partial charge in [0.1, 0.15) is 0 Å². The van der Waals surface area contributed by atoms with E-state index in [1.165, 1.54) is 4.57 Å². The number of fused-ring (bicyclic) bond motifs is 1. The molecule has 22 heavy (non-hydrogen) atoms. The average Bonchev–Trinajstić information content (AvgIpc) is 2.80. The molecule has 0 fully saturated rings. The summed E-state index contributed by atoms with van der Waals surface area (Å²) in [6.07, 6.45) is 3.14. The summed E-state index contributed by atoms with van der Waals surface area (Å²) >= 11 is 0. The van der Waals surface area contributed by atoms with Crippen LogP contribution in [0.1, 0.15) is 15.9 Å². The Bertz CT molecular complexity index is 855. The molecule has 7 heteroatoms. The standard InChI is InChI=1S/C15H13N3O3.ClH/c1-18-12-3-2-10(8-13(12)21-15(18)20)9-17-14(19)11-4-6-16-7-5-11;/h2-8H,9H2,1H3,(H,17,19);1H. The Kier molecular flexibility index (Phi) is 4.62. The maximum Gasteiger partial charge on any atom is 0.419 e. The second-order valence-corrected chi connectivity index (χ2v) is 4.65. The minimum atomic E-state index is -0.400. The van der Waals surface area contributed by atoms with Crippen LogP contribution in [0.4, 0.5) is 0 Å². The second-order valence-electron chi connectivity index (χ2n) is 4.65. The fraction of sp³-hybridized carbons (Fsp3) is 0.133. The van der Waals surface area contributed by atoms with Crippen LogP contribution in [-0.4, -0.2) is 15.5 Å². The van der Waals surface area contributed by atoms with Gasteiger partial charge < -0.3 is 9.73 Å². The molecule has 6 nitrogen and oxygen atoms in total. The number of benzene rings is 1. The Balaban J connectivity index is 0.00000176. The lowest BCUT2D eigenvalue weighted by atomic mass is 10.2. The van der Waals surface area contributed by atoms with Gasteiger partial charge in [-0.2, -0.15) is 0 Å². The average molecular weight is 320 g/mol. The molecule has 2 heterocycles. The smallest absolute Gasteiger partial charge is 0.408 e. The molecule has 1 N–H and O–H groups in total. The third-order valence-electron chi connectivity index (χ3n) is 3.25. The van der Waals surface area contributed by atoms with Gasteiger partial charge in [0, 0.05) is 31.5 Å². The molecule has 0 aliphatic heterocycles. The molecule has 114 valence electrons. The summed E-state index contributed by atoms with van der Waals surface area (Å²) in [4.78, 5) is 27.2. The number of aryl methyl sites for hydroxylation is 1. The first kappa shape index (κ1) is 15.8. The van der Waals surface area contributed by atoms with E-state index >= 15 is 0 Å². The highest BCUT2D eigenvalue weighted by Gasteiger charge is 2.08. The van der Waals surface area contributed by atoms with Gasteiger partial charge in [0.2, 0.25) is 0 Å². The highest BCUT2D eigenvalue weighted by atomic mass is 35.5. The van der Waals surface area contributed by atoms with Crippen LogP contribution in [-0.2, 0) is 13.6 Å². The van der Waals surface area contributed by atoms with E-state index < -0.39 is 5.76 Å². The summed E-state index contributed by atoms with van der Waals surface area (Å²) in [5.74, 6) is -0.574. The summed E-state index contributed by atoms with van der Waals surface area (Å²) in [6.45, 7) is 0.357. The normalized spacial score (nSPS) is 10.2. The van der Waals surface area contributed by atoms with Crippen molar-refractivity contribution >= 4 is 29.4 Å². The van der Waals surface area contributed by atoms with Crippen LogP contribution in [0.2, 0.25) is 0 Å². The van der Waals surface area contributed by atoms with Crippen LogP contribution in [0, 0.1) is 0 Å². The van der Waals surface area contributed by atoms with Crippen molar-refractivity contribution in [1.29, 1.82) is 0 Å². The molecule has 0 atom stereocenters. The van der Waals surface area contributed by atoms with Gasteiger partial charge in [0.25, 0.3) is 5.91 Å². The number of amides is 1. The predicted octanol–water partition coefficient (Wildman–Crippen LogP) is 1.88. The Morgan fingerprint density at radius 1 is 1.27 bits per heavy atom. The van der Waals surface area contributed by atoms with Crippen molar-refractivity contribution in [3.05, 3.63) is 64.4 Å². The number of carbonyl (C=O) groups excluding carboxylic acids is 1. The van der Waals surface area contributed by atoms with Crippen LogP contribution in [0.25, 0.3) is 11.1 Å². The number of hydrogen-bond acceptors (Lipinski definition) is 4. The van der Waals surface area contributed by atoms with Gasteiger partial charge in [-0.1, -0.05) is 6.07 Å². The summed E-state index contributed by atoms with van der Waals surface area (Å²) in [5, 5.41) is 2.81. The quantitative estimate of drug-likeness (QED) is 0.799. The highest BCUT2D eigenvalue weighted by Crippen LogP contribution is 2.14. The first-order valence-corrected chi connectivity index (χ1v) is 6.42. The number of pyridine rings is 1. The van der Waals surface area contributed by atoms with E-state index in [4.69, 9.17) is 4.42 Å². The zero-order valence-corrected chi connectivity index (χ0v) is 12.6. The molecule has 1 amide bonds. The Morgan fingerprint density at radius 2 is 2.00 bits per heavy atom. The van der Waals surface area contributed by atoms with E-state index in [9.17, 15) is 9.59 Å². The number of carbonyl (C=O) groups is 1. The molecular weight excluding hydrogens is 306 g/mol. The molecule has 0 saturated heterocycles. The van der Waals surface area contributed by atoms with Crippen LogP contribution in [0.3, 0.4) is 0 Å². The molecule has 0 saturated carbocycles. The number of nitrogens with zero attached hydrogens (tertiary/aromatic N) is 2. The third-order valence-corrected chi connectivity index (χ3v) is 3.25. The van der Waals surface area contributed by atoms with E-state index in [1.807, 2.05) is 6.07 Å². The molecule has 2 aromatic heterocycles. The topological polar surface area (TPSA) is 77.1 Å². The highest BCUT2D eigenvalue weighted by molar-refractivity contribution is 5.93. The number of halogens is 1. The maximum absolute atomic E-state index is 11.9. The van der Waals surface area contributed by atoms with Gasteiger partial charge in [0.05, 0.1) is 5.52 Å². The molecule has 1 aromatic carbocycles. The van der Waals surface area contributed by atoms with Gasteiger partial charge in [-0.3, -0.25) is 14.3 Å². The van der Waals surface area contributed by atoms with E-state index in [0.29, 0.717) is 17.7 Å². The summed E-state index contributed by atoms with van der Waals surface area (Å²) < 4.78 is 6.56. The molecule has 3 aromatic rings. The summed E-state index contributed by atoms with van der Waals surface area (Å²) in [7, 11) is 1.65. The second kappa shape index (κ2) is 6.44. The van der Waals surface area contributed by atoms with E-state index in [2.05, 4.69) is 10.3 Å². The molecule has 0 radical (unpaired) electrons. The SMILES string of the molecule is Cl.Cn1c(=O)oc2cc(CNC(=O)c3ccncc3)ccc21. The number of aromatic nitrogens is 2. The summed E-state index contributed by atoms with van der Waals surface area (Å²) in [6, 6.07) is 8.70. The van der Waals surface area contributed by atoms with Crippen molar-refractivity contribution in [2.45, 2.75) is 6.54 Å². The zero-order valence-electron chi connectivity index (χ0n) is 11.8. The first-order chi connectivity index (χ1) is 10.1. The molecule has 3 rings (SSSR count). The monoisotopic (exact) mass is 319 g/mol. The van der Waals surface area contributed by atoms with Crippen molar-refractivity contribution < 1.29 is 9.21 Å². The molecule has 0 aliphatic rings. The number of hydrogen-bond donors (Lipinski definition) is 1. The molecule has 0 aliphatic carbocycles. The summed E-state index contributed by atoms with van der Waals surface area (Å²) in [5.41, 5.74) is 2.65. The minimum absolute atomic E-state index is 0. The Hall–Kier alpha value is -2.60. The van der Waals surface area contributed by atoms with Crippen molar-refractivity contribution in [2.24, 2.45) is 7.05 Å². The lowest BCUT2D eigenvalue weighted by molar-refractivity contribution is 0.0951. The van der Waals surface area contributed by atoms with Crippen molar-refractivity contribution in [3.8, 4) is 0 Å². The van der Waals surface area contributed by atoms with Crippen LogP contribution in [0.5, 0.6) is 0 Å². The third kappa shape index (κ3) is 3.01. The van der Waals surface area contributed by atoms with Crippen LogP contribution < -0.4 is 11.1 Å². The fourth-order valence-electron chi connectivity index (χ4n) is 2.08. The van der Waals surface area contributed by atoms with E-state index in [1.54, 1.807) is 43.7 Å². The van der Waals surface area contributed by atoms with E-state index in [-0.39, 0.29) is 18.3 Å². The minimum Gasteiger partial charge on any atom is -0.408 e. The molecular formula is C15H14ClN3O3. The maximum atomic E-state index is 11.9. The molecule has 0 unspecified atom stereocenters. The largest absolute Gasteiger partial charge is 0.419 e. The van der Waals surface area contributed by atoms with Gasteiger partial charge in [0.15, 0.2) is 5.58 Å². The lowest BCUT2D eigenvalue weighted by Gasteiger charge is -2.05. The van der Waals surface area contributed by atoms with Crippen LogP contribution in [0.15, 0.2) is 51.9 Å². The lowest BCUT2D eigenvalue weighted by Crippen LogP contribution is -2.22. The van der Waals surface area contributed by atoms with E-state index in [0.717, 1.165) is 11.1 Å². The number of nitrogens with one attached hydrogen (secondary N) is 1. The van der Waals surface area contributed by atoms with Crippen molar-refractivity contribution in [3.63, 3.8) is 0 Å². The zero-order chi connectivity index (χ0) is 14.8. The van der Waals surface area contributed by atoms with Gasteiger partial charge in [-0.15, -0.1) is 12.4 Å². The van der Waals surface area contributed by atoms with Crippen LogP contribution >= 0.6 is 12.4 Å². The Morgan fingerprint density at radius 3 is 2.73 bits per heavy atom.